The minimum absolute atomic E-state index is 0.123. The molecule has 0 spiro atoms. The van der Waals surface area contributed by atoms with Gasteiger partial charge < -0.3 is 4.98 Å². The fourth-order valence-corrected chi connectivity index (χ4v) is 2.03. The van der Waals surface area contributed by atoms with Gasteiger partial charge in [-0.1, -0.05) is 23.7 Å². The quantitative estimate of drug-likeness (QED) is 0.634. The molecule has 0 atom stereocenters. The molecule has 110 valence electrons. The number of halogens is 1. The summed E-state index contributed by atoms with van der Waals surface area (Å²) in [6.45, 7) is 0. The van der Waals surface area contributed by atoms with Gasteiger partial charge in [-0.25, -0.2) is 4.98 Å². The van der Waals surface area contributed by atoms with E-state index in [9.17, 15) is 9.59 Å². The lowest BCUT2D eigenvalue weighted by Crippen LogP contribution is -2.42. The van der Waals surface area contributed by atoms with Crippen molar-refractivity contribution in [1.29, 1.82) is 0 Å². The van der Waals surface area contributed by atoms with Crippen LogP contribution in [0.3, 0.4) is 0 Å². The molecule has 0 unspecified atom stereocenters. The van der Waals surface area contributed by atoms with Crippen LogP contribution in [0.25, 0.3) is 11.0 Å². The summed E-state index contributed by atoms with van der Waals surface area (Å²) in [7, 11) is 0. The second kappa shape index (κ2) is 5.87. The third-order valence-corrected chi connectivity index (χ3v) is 3.25. The van der Waals surface area contributed by atoms with Gasteiger partial charge >= 0.3 is 5.91 Å². The number of para-hydroxylation sites is 2. The number of carbonyl (C=O) groups excluding carboxylic acids is 2. The van der Waals surface area contributed by atoms with Gasteiger partial charge in [0.1, 0.15) is 0 Å². The number of H-pyrrole nitrogens is 1. The first-order valence-corrected chi connectivity index (χ1v) is 6.82. The molecule has 22 heavy (non-hydrogen) atoms. The van der Waals surface area contributed by atoms with E-state index in [0.29, 0.717) is 16.1 Å². The topological polar surface area (TPSA) is 86.9 Å². The van der Waals surface area contributed by atoms with E-state index in [2.05, 4.69) is 20.8 Å². The van der Waals surface area contributed by atoms with Crippen molar-refractivity contribution >= 4 is 34.4 Å². The molecule has 0 aliphatic rings. The number of aromatic amines is 1. The molecular weight excluding hydrogens is 304 g/mol. The average Bonchev–Trinajstić information content (AvgIpc) is 2.97. The SMILES string of the molecule is O=C(NNC(=O)c1nc2ccccc2[nH]1)c1ccc(Cl)cc1. The van der Waals surface area contributed by atoms with E-state index in [1.54, 1.807) is 30.3 Å². The second-order valence-electron chi connectivity index (χ2n) is 4.52. The number of hydrogen-bond acceptors (Lipinski definition) is 3. The second-order valence-corrected chi connectivity index (χ2v) is 4.95. The Labute approximate surface area is 130 Å². The first-order chi connectivity index (χ1) is 10.6. The van der Waals surface area contributed by atoms with Crippen LogP contribution in [0.2, 0.25) is 5.02 Å². The molecule has 2 amide bonds. The monoisotopic (exact) mass is 314 g/mol. The fraction of sp³-hybridized carbons (Fsp3) is 0. The molecule has 0 aliphatic heterocycles. The Morgan fingerprint density at radius 1 is 0.955 bits per heavy atom. The highest BCUT2D eigenvalue weighted by Gasteiger charge is 2.12. The summed E-state index contributed by atoms with van der Waals surface area (Å²) < 4.78 is 0. The molecule has 0 aliphatic carbocycles. The summed E-state index contributed by atoms with van der Waals surface area (Å²) in [4.78, 5) is 30.8. The molecule has 0 fully saturated rings. The van der Waals surface area contributed by atoms with Crippen molar-refractivity contribution in [3.8, 4) is 0 Å². The van der Waals surface area contributed by atoms with E-state index in [0.717, 1.165) is 5.52 Å². The summed E-state index contributed by atoms with van der Waals surface area (Å²) in [5, 5.41) is 0.530. The molecule has 0 saturated carbocycles. The predicted octanol–water partition coefficient (Wildman–Crippen LogP) is 2.29. The average molecular weight is 315 g/mol. The van der Waals surface area contributed by atoms with Crippen LogP contribution in [0.5, 0.6) is 0 Å². The van der Waals surface area contributed by atoms with E-state index in [1.165, 1.54) is 0 Å². The minimum atomic E-state index is -0.529. The van der Waals surface area contributed by atoms with Crippen LogP contribution in [-0.2, 0) is 0 Å². The maximum absolute atomic E-state index is 12.0. The molecule has 0 saturated heterocycles. The first-order valence-electron chi connectivity index (χ1n) is 6.44. The van der Waals surface area contributed by atoms with Gasteiger partial charge in [-0.05, 0) is 36.4 Å². The Balaban J connectivity index is 1.66. The molecule has 0 radical (unpaired) electrons. The molecule has 0 bridgehead atoms. The number of aromatic nitrogens is 2. The number of nitrogens with one attached hydrogen (secondary N) is 3. The zero-order valence-corrected chi connectivity index (χ0v) is 12.0. The van der Waals surface area contributed by atoms with Crippen LogP contribution in [0.4, 0.5) is 0 Å². The van der Waals surface area contributed by atoms with Gasteiger partial charge in [0, 0.05) is 10.6 Å². The molecular formula is C15H11ClN4O2. The van der Waals surface area contributed by atoms with Gasteiger partial charge in [0.2, 0.25) is 0 Å². The van der Waals surface area contributed by atoms with Gasteiger partial charge in [0.15, 0.2) is 5.82 Å². The maximum Gasteiger partial charge on any atom is 0.305 e. The summed E-state index contributed by atoms with van der Waals surface area (Å²) in [6.07, 6.45) is 0. The van der Waals surface area contributed by atoms with Crippen LogP contribution in [-0.4, -0.2) is 21.8 Å². The Hall–Kier alpha value is -2.86. The van der Waals surface area contributed by atoms with Crippen molar-refractivity contribution in [2.75, 3.05) is 0 Å². The minimum Gasteiger partial charge on any atom is -0.334 e. The normalized spacial score (nSPS) is 10.4. The van der Waals surface area contributed by atoms with Gasteiger partial charge in [0.05, 0.1) is 11.0 Å². The highest BCUT2D eigenvalue weighted by atomic mass is 35.5. The number of hydrogen-bond donors (Lipinski definition) is 3. The maximum atomic E-state index is 12.0. The van der Waals surface area contributed by atoms with Crippen LogP contribution in [0.15, 0.2) is 48.5 Å². The molecule has 3 aromatic rings. The van der Waals surface area contributed by atoms with Gasteiger partial charge in [-0.3, -0.25) is 20.4 Å². The summed E-state index contributed by atoms with van der Waals surface area (Å²) in [6, 6.07) is 13.6. The van der Waals surface area contributed by atoms with Crippen LogP contribution in [0, 0.1) is 0 Å². The van der Waals surface area contributed by atoms with Crippen LogP contribution in [0.1, 0.15) is 21.0 Å². The fourth-order valence-electron chi connectivity index (χ4n) is 1.91. The third-order valence-electron chi connectivity index (χ3n) is 3.00. The Kier molecular flexibility index (Phi) is 3.76. The molecule has 7 heteroatoms. The van der Waals surface area contributed by atoms with Gasteiger partial charge in [-0.15, -0.1) is 0 Å². The number of hydrazine groups is 1. The molecule has 1 heterocycles. The van der Waals surface area contributed by atoms with E-state index in [4.69, 9.17) is 11.6 Å². The molecule has 1 aromatic heterocycles. The highest BCUT2D eigenvalue weighted by Crippen LogP contribution is 2.10. The lowest BCUT2D eigenvalue weighted by molar-refractivity contribution is 0.0841. The third kappa shape index (κ3) is 2.91. The lowest BCUT2D eigenvalue weighted by Gasteiger charge is -2.05. The van der Waals surface area contributed by atoms with Gasteiger partial charge in [-0.2, -0.15) is 0 Å². The Bertz CT molecular complexity index is 809. The highest BCUT2D eigenvalue weighted by molar-refractivity contribution is 6.30. The van der Waals surface area contributed by atoms with E-state index in [1.807, 2.05) is 18.2 Å². The number of amides is 2. The summed E-state index contributed by atoms with van der Waals surface area (Å²) in [5.74, 6) is -0.850. The molecule has 6 nitrogen and oxygen atoms in total. The standard InChI is InChI=1S/C15H11ClN4O2/c16-10-7-5-9(6-8-10)14(21)19-20-15(22)13-17-11-3-1-2-4-12(11)18-13/h1-8H,(H,17,18)(H,19,21)(H,20,22). The number of carbonyl (C=O) groups is 2. The van der Waals surface area contributed by atoms with E-state index >= 15 is 0 Å². The number of nitrogens with zero attached hydrogens (tertiary/aromatic N) is 1. The van der Waals surface area contributed by atoms with E-state index in [-0.39, 0.29) is 5.82 Å². The zero-order valence-electron chi connectivity index (χ0n) is 11.3. The number of rotatable bonds is 2. The lowest BCUT2D eigenvalue weighted by atomic mass is 10.2. The Morgan fingerprint density at radius 2 is 1.64 bits per heavy atom. The van der Waals surface area contributed by atoms with Crippen molar-refractivity contribution in [3.05, 3.63) is 64.9 Å². The largest absolute Gasteiger partial charge is 0.334 e. The molecule has 3 N–H and O–H groups in total. The Morgan fingerprint density at radius 3 is 2.36 bits per heavy atom. The van der Waals surface area contributed by atoms with Crippen molar-refractivity contribution in [3.63, 3.8) is 0 Å². The summed E-state index contributed by atoms with van der Waals surface area (Å²) in [5.41, 5.74) is 6.44. The zero-order chi connectivity index (χ0) is 15.5. The molecule has 3 rings (SSSR count). The van der Waals surface area contributed by atoms with Gasteiger partial charge in [0.25, 0.3) is 5.91 Å². The van der Waals surface area contributed by atoms with Crippen LogP contribution < -0.4 is 10.9 Å². The van der Waals surface area contributed by atoms with Crippen molar-refractivity contribution < 1.29 is 9.59 Å². The predicted molar refractivity (Wildman–Crippen MR) is 82.5 cm³/mol. The number of imidazole rings is 1. The van der Waals surface area contributed by atoms with Crippen molar-refractivity contribution in [2.45, 2.75) is 0 Å². The van der Waals surface area contributed by atoms with Crippen LogP contribution >= 0.6 is 11.6 Å². The first kappa shape index (κ1) is 14.1. The van der Waals surface area contributed by atoms with Crippen molar-refractivity contribution in [2.24, 2.45) is 0 Å². The van der Waals surface area contributed by atoms with E-state index < -0.39 is 11.8 Å². The van der Waals surface area contributed by atoms with Crippen molar-refractivity contribution in [1.82, 2.24) is 20.8 Å². The molecule has 2 aromatic carbocycles. The smallest absolute Gasteiger partial charge is 0.305 e. The summed E-state index contributed by atoms with van der Waals surface area (Å²) >= 11 is 5.75. The number of fused-ring (bicyclic) bond motifs is 1. The number of benzene rings is 2.